The molecule has 8 heteroatoms. The molecule has 0 fully saturated rings. The van der Waals surface area contributed by atoms with Crippen LogP contribution in [0.3, 0.4) is 0 Å². The van der Waals surface area contributed by atoms with Crippen molar-refractivity contribution in [1.82, 2.24) is 10.2 Å². The van der Waals surface area contributed by atoms with E-state index in [0.29, 0.717) is 44.2 Å². The lowest BCUT2D eigenvalue weighted by atomic mass is 9.86. The average molecular weight is 935 g/mol. The monoisotopic (exact) mass is 935 g/mol. The van der Waals surface area contributed by atoms with E-state index in [9.17, 15) is 5.11 Å². The Labute approximate surface area is 410 Å². The largest absolute Gasteiger partial charge is 0.493 e. The van der Waals surface area contributed by atoms with Gasteiger partial charge in [0, 0.05) is 42.1 Å². The maximum Gasteiger partial charge on any atom is 0.192 e. The molecule has 0 amide bonds. The second-order valence-corrected chi connectivity index (χ2v) is 24.9. The van der Waals surface area contributed by atoms with Crippen LogP contribution in [0, 0.1) is 0 Å². The summed E-state index contributed by atoms with van der Waals surface area (Å²) in [5, 5.41) is 14.2. The van der Waals surface area contributed by atoms with Crippen molar-refractivity contribution < 1.29 is 23.7 Å². The Balaban J connectivity index is 1.11. The van der Waals surface area contributed by atoms with E-state index >= 15 is 0 Å². The van der Waals surface area contributed by atoms with Crippen molar-refractivity contribution in [1.29, 1.82) is 0 Å². The van der Waals surface area contributed by atoms with Crippen LogP contribution in [0.1, 0.15) is 111 Å². The fourth-order valence-electron chi connectivity index (χ4n) is 8.57. The minimum absolute atomic E-state index is 0.0421. The predicted molar refractivity (Wildman–Crippen MR) is 283 cm³/mol. The summed E-state index contributed by atoms with van der Waals surface area (Å²) in [4.78, 5) is 2.59. The topological polar surface area (TPSA) is 72.4 Å². The van der Waals surface area contributed by atoms with E-state index in [2.05, 4.69) is 175 Å². The van der Waals surface area contributed by atoms with Crippen LogP contribution >= 0.6 is 0 Å². The molecule has 0 aliphatic heterocycles. The molecule has 0 saturated heterocycles. The van der Waals surface area contributed by atoms with Gasteiger partial charge in [0.25, 0.3) is 0 Å². The van der Waals surface area contributed by atoms with Crippen molar-refractivity contribution in [3.8, 4) is 17.2 Å². The minimum Gasteiger partial charge on any atom is -0.493 e. The van der Waals surface area contributed by atoms with E-state index in [1.807, 2.05) is 48.5 Å². The zero-order valence-electron chi connectivity index (χ0n) is 42.3. The van der Waals surface area contributed by atoms with Gasteiger partial charge in [0.1, 0.15) is 30.5 Å². The number of aliphatic hydroxyl groups excluding tert-OH is 1. The summed E-state index contributed by atoms with van der Waals surface area (Å²) in [7, 11) is -2.14. The van der Waals surface area contributed by atoms with Crippen molar-refractivity contribution in [3.05, 3.63) is 196 Å². The number of hydrogen-bond donors (Lipinski definition) is 2. The molecule has 362 valence electrons. The Morgan fingerprint density at radius 3 is 1.81 bits per heavy atom. The van der Waals surface area contributed by atoms with Crippen molar-refractivity contribution >= 4 is 8.32 Å². The van der Waals surface area contributed by atoms with Crippen LogP contribution in [0.4, 0.5) is 0 Å². The van der Waals surface area contributed by atoms with Gasteiger partial charge < -0.3 is 29.1 Å². The molecule has 6 aromatic rings. The Kier molecular flexibility index (Phi) is 19.5. The number of rotatable bonds is 26. The van der Waals surface area contributed by atoms with Crippen LogP contribution < -0.4 is 19.5 Å². The lowest BCUT2D eigenvalue weighted by molar-refractivity contribution is 0.170. The minimum atomic E-state index is -2.14. The van der Waals surface area contributed by atoms with Crippen LogP contribution in [-0.2, 0) is 37.1 Å². The number of nitrogens with zero attached hydrogens (tertiary/aromatic N) is 1. The van der Waals surface area contributed by atoms with Crippen LogP contribution in [-0.4, -0.2) is 56.6 Å². The van der Waals surface area contributed by atoms with Gasteiger partial charge in [0.15, 0.2) is 8.32 Å². The van der Waals surface area contributed by atoms with Crippen LogP contribution in [0.2, 0.25) is 18.1 Å². The number of benzene rings is 6. The maximum absolute atomic E-state index is 10.4. The van der Waals surface area contributed by atoms with E-state index in [-0.39, 0.29) is 23.7 Å². The Morgan fingerprint density at radius 1 is 0.603 bits per heavy atom. The smallest absolute Gasteiger partial charge is 0.192 e. The predicted octanol–water partition coefficient (Wildman–Crippen LogP) is 13.5. The second-order valence-electron chi connectivity index (χ2n) is 20.2. The molecule has 0 aliphatic rings. The molecule has 0 radical (unpaired) electrons. The van der Waals surface area contributed by atoms with Gasteiger partial charge in [-0.2, -0.15) is 0 Å². The fraction of sp³-hybridized carbons (Fsp3) is 0.400. The van der Waals surface area contributed by atoms with E-state index in [4.69, 9.17) is 18.6 Å². The molecular formula is C60H78N2O5Si. The second kappa shape index (κ2) is 25.4. The zero-order chi connectivity index (χ0) is 48.5. The maximum atomic E-state index is 10.4. The fourth-order valence-corrected chi connectivity index (χ4v) is 9.86. The van der Waals surface area contributed by atoms with Crippen molar-refractivity contribution in [2.45, 2.75) is 130 Å². The molecule has 0 spiro atoms. The Morgan fingerprint density at radius 2 is 1.19 bits per heavy atom. The van der Waals surface area contributed by atoms with Gasteiger partial charge in [-0.25, -0.2) is 0 Å². The lowest BCUT2D eigenvalue weighted by Crippen LogP contribution is -2.43. The van der Waals surface area contributed by atoms with Crippen molar-refractivity contribution in [2.24, 2.45) is 0 Å². The third kappa shape index (κ3) is 15.4. The molecule has 0 heterocycles. The highest BCUT2D eigenvalue weighted by molar-refractivity contribution is 6.74. The molecule has 6 aromatic carbocycles. The lowest BCUT2D eigenvalue weighted by Gasteiger charge is -2.39. The highest BCUT2D eigenvalue weighted by atomic mass is 28.4. The highest BCUT2D eigenvalue weighted by Gasteiger charge is 2.39. The Bertz CT molecular complexity index is 2390. The number of aliphatic hydroxyl groups is 1. The number of ether oxygens (including phenoxy) is 3. The van der Waals surface area contributed by atoms with Gasteiger partial charge in [0.2, 0.25) is 0 Å². The van der Waals surface area contributed by atoms with Gasteiger partial charge in [-0.1, -0.05) is 142 Å². The normalized spacial score (nSPS) is 13.0. The molecule has 68 heavy (non-hydrogen) atoms. The molecule has 2 N–H and O–H groups in total. The number of nitrogens with one attached hydrogen (secondary N) is 1. The molecule has 2 unspecified atom stereocenters. The standard InChI is InChI=1S/C60H78N2O5Si/c1-45(2)62(46(3)4)36-33-55(51-25-17-12-18-26-51)56-39-48(28-30-58(56)66-44-50-22-15-11-16-23-50)34-37-64-54-27-19-24-47(38-54)32-35-61-41-59(67-68(8,9)60(5,6)7)52-29-31-57(53(40-52)42-63)65-43-49-20-13-10-14-21-49/h10-31,38-40,45-46,55,59,61,63H,32-37,41-44H2,1-9H3. The van der Waals surface area contributed by atoms with Gasteiger partial charge in [0.05, 0.1) is 19.3 Å². The van der Waals surface area contributed by atoms with Crippen molar-refractivity contribution in [3.63, 3.8) is 0 Å². The first-order chi connectivity index (χ1) is 32.7. The van der Waals surface area contributed by atoms with E-state index in [1.54, 1.807) is 0 Å². The molecule has 2 atom stereocenters. The van der Waals surface area contributed by atoms with Gasteiger partial charge in [-0.05, 0) is 135 Å². The average Bonchev–Trinajstić information content (AvgIpc) is 3.33. The van der Waals surface area contributed by atoms with Crippen LogP contribution in [0.25, 0.3) is 0 Å². The third-order valence-electron chi connectivity index (χ3n) is 13.5. The first kappa shape index (κ1) is 52.2. The molecular weight excluding hydrogens is 857 g/mol. The summed E-state index contributed by atoms with van der Waals surface area (Å²) in [5.41, 5.74) is 9.00. The summed E-state index contributed by atoms with van der Waals surface area (Å²) in [6.45, 7) is 24.4. The Hall–Kier alpha value is -5.22. The van der Waals surface area contributed by atoms with Crippen LogP contribution in [0.15, 0.2) is 152 Å². The molecule has 0 aliphatic carbocycles. The number of hydrogen-bond acceptors (Lipinski definition) is 7. The van der Waals surface area contributed by atoms with Gasteiger partial charge in [-0.3, -0.25) is 4.90 Å². The first-order valence-corrected chi connectivity index (χ1v) is 27.7. The summed E-state index contributed by atoms with van der Waals surface area (Å²) < 4.78 is 26.3. The van der Waals surface area contributed by atoms with E-state index in [0.717, 1.165) is 66.1 Å². The SMILES string of the molecule is CC(C)N(CCC(c1ccccc1)c1cc(CCOc2cccc(CCNCC(O[Si](C)(C)C(C)(C)C)c3ccc(OCc4ccccc4)c(CO)c3)c2)ccc1OCc1ccccc1)C(C)C. The first-order valence-electron chi connectivity index (χ1n) is 24.8. The summed E-state index contributed by atoms with van der Waals surface area (Å²) in [6.07, 6.45) is 2.42. The summed E-state index contributed by atoms with van der Waals surface area (Å²) >= 11 is 0. The zero-order valence-corrected chi connectivity index (χ0v) is 43.3. The molecule has 0 saturated carbocycles. The van der Waals surface area contributed by atoms with Crippen molar-refractivity contribution in [2.75, 3.05) is 26.2 Å². The molecule has 7 nitrogen and oxygen atoms in total. The van der Waals surface area contributed by atoms with Gasteiger partial charge in [-0.15, -0.1) is 0 Å². The highest BCUT2D eigenvalue weighted by Crippen LogP contribution is 2.41. The molecule has 6 rings (SSSR count). The summed E-state index contributed by atoms with van der Waals surface area (Å²) in [5.74, 6) is 2.67. The van der Waals surface area contributed by atoms with Gasteiger partial charge >= 0.3 is 0 Å². The summed E-state index contributed by atoms with van der Waals surface area (Å²) in [6, 6.07) is 53.7. The van der Waals surface area contributed by atoms with E-state index < -0.39 is 8.32 Å². The quantitative estimate of drug-likeness (QED) is 0.0415. The third-order valence-corrected chi connectivity index (χ3v) is 18.0. The molecule has 0 bridgehead atoms. The molecule has 0 aromatic heterocycles. The van der Waals surface area contributed by atoms with E-state index in [1.165, 1.54) is 22.3 Å². The van der Waals surface area contributed by atoms with Crippen LogP contribution in [0.5, 0.6) is 17.2 Å².